The first-order valence-electron chi connectivity index (χ1n) is 11.4. The monoisotopic (exact) mass is 424 g/mol. The fraction of sp³-hybridized carbons (Fsp3) is 0.864. The largest absolute Gasteiger partial charge is 0.466 e. The van der Waals surface area contributed by atoms with Gasteiger partial charge in [0.25, 0.3) is 0 Å². The minimum absolute atomic E-state index is 0.0973. The summed E-state index contributed by atoms with van der Waals surface area (Å²) in [6, 6.07) is 0. The van der Waals surface area contributed by atoms with E-state index in [-0.39, 0.29) is 18.0 Å². The molecule has 2 unspecified atom stereocenters. The second-order valence-corrected chi connectivity index (χ2v) is 9.17. The Morgan fingerprint density at radius 2 is 1.77 bits per heavy atom. The second kappa shape index (κ2) is 11.4. The summed E-state index contributed by atoms with van der Waals surface area (Å²) in [6.07, 6.45) is 3.58. The van der Waals surface area contributed by atoms with Crippen molar-refractivity contribution < 1.29 is 19.1 Å². The van der Waals surface area contributed by atoms with E-state index in [4.69, 9.17) is 14.5 Å². The van der Waals surface area contributed by atoms with Gasteiger partial charge in [0, 0.05) is 39.3 Å². The predicted octanol–water partition coefficient (Wildman–Crippen LogP) is 2.87. The van der Waals surface area contributed by atoms with Crippen LogP contribution >= 0.6 is 0 Å². The number of rotatable bonds is 5. The average molecular weight is 425 g/mol. The van der Waals surface area contributed by atoms with E-state index in [0.717, 1.165) is 51.3 Å². The molecule has 0 aromatic carbocycles. The SMILES string of the molecule is CCNC(=NCC1CCCN(C(=O)OC(C)(C)C)C1)N1CCCC(C(=O)OCC)C1. The van der Waals surface area contributed by atoms with Crippen molar-refractivity contribution in [3.63, 3.8) is 0 Å². The number of piperidine rings is 2. The first kappa shape index (κ1) is 24.3. The zero-order chi connectivity index (χ0) is 22.1. The van der Waals surface area contributed by atoms with Crippen molar-refractivity contribution in [2.75, 3.05) is 45.9 Å². The Morgan fingerprint density at radius 1 is 1.07 bits per heavy atom. The van der Waals surface area contributed by atoms with E-state index < -0.39 is 5.60 Å². The van der Waals surface area contributed by atoms with Gasteiger partial charge >= 0.3 is 12.1 Å². The Kier molecular flexibility index (Phi) is 9.24. The van der Waals surface area contributed by atoms with Crippen LogP contribution in [0.25, 0.3) is 0 Å². The number of carbonyl (C=O) groups excluding carboxylic acids is 2. The molecular formula is C22H40N4O4. The zero-order valence-electron chi connectivity index (χ0n) is 19.4. The highest BCUT2D eigenvalue weighted by molar-refractivity contribution is 5.81. The lowest BCUT2D eigenvalue weighted by Gasteiger charge is -2.35. The van der Waals surface area contributed by atoms with Gasteiger partial charge in [-0.2, -0.15) is 0 Å². The van der Waals surface area contributed by atoms with Crippen molar-refractivity contribution in [1.82, 2.24) is 15.1 Å². The van der Waals surface area contributed by atoms with Gasteiger partial charge in [-0.15, -0.1) is 0 Å². The van der Waals surface area contributed by atoms with Gasteiger partial charge < -0.3 is 24.6 Å². The summed E-state index contributed by atoms with van der Waals surface area (Å²) in [4.78, 5) is 33.4. The summed E-state index contributed by atoms with van der Waals surface area (Å²) in [5.41, 5.74) is -0.482. The standard InChI is InChI=1S/C22H40N4O4/c1-6-23-20(25-12-9-11-18(16-25)19(27)29-7-2)24-14-17-10-8-13-26(15-17)21(28)30-22(3,4)5/h17-18H,6-16H2,1-5H3,(H,23,24). The van der Waals surface area contributed by atoms with Crippen LogP contribution in [-0.2, 0) is 14.3 Å². The van der Waals surface area contributed by atoms with Crippen LogP contribution in [0.15, 0.2) is 4.99 Å². The number of guanidine groups is 1. The summed E-state index contributed by atoms with van der Waals surface area (Å²) in [5.74, 6) is 0.949. The molecule has 0 aliphatic carbocycles. The minimum atomic E-state index is -0.482. The molecule has 30 heavy (non-hydrogen) atoms. The molecule has 2 aliphatic heterocycles. The number of carbonyl (C=O) groups is 2. The molecule has 0 bridgehead atoms. The van der Waals surface area contributed by atoms with Crippen molar-refractivity contribution in [3.8, 4) is 0 Å². The number of ether oxygens (including phenoxy) is 2. The molecule has 0 spiro atoms. The lowest BCUT2D eigenvalue weighted by molar-refractivity contribution is -0.149. The van der Waals surface area contributed by atoms with Crippen LogP contribution < -0.4 is 5.32 Å². The molecule has 0 aromatic heterocycles. The fourth-order valence-corrected chi connectivity index (χ4v) is 3.97. The Labute approximate surface area is 181 Å². The number of amides is 1. The molecule has 172 valence electrons. The third-order valence-corrected chi connectivity index (χ3v) is 5.35. The van der Waals surface area contributed by atoms with Crippen LogP contribution in [0.3, 0.4) is 0 Å². The number of esters is 1. The van der Waals surface area contributed by atoms with Gasteiger partial charge in [-0.05, 0) is 66.2 Å². The molecule has 2 saturated heterocycles. The van der Waals surface area contributed by atoms with Gasteiger partial charge in [-0.3, -0.25) is 9.79 Å². The molecule has 1 N–H and O–H groups in total. The number of hydrogen-bond donors (Lipinski definition) is 1. The molecule has 2 rings (SSSR count). The predicted molar refractivity (Wildman–Crippen MR) is 117 cm³/mol. The summed E-state index contributed by atoms with van der Waals surface area (Å²) < 4.78 is 10.7. The van der Waals surface area contributed by atoms with Gasteiger partial charge in [0.15, 0.2) is 5.96 Å². The van der Waals surface area contributed by atoms with Crippen LogP contribution in [0, 0.1) is 11.8 Å². The number of hydrogen-bond acceptors (Lipinski definition) is 5. The molecule has 8 heteroatoms. The van der Waals surface area contributed by atoms with Crippen LogP contribution in [0.2, 0.25) is 0 Å². The van der Waals surface area contributed by atoms with E-state index >= 15 is 0 Å². The van der Waals surface area contributed by atoms with Gasteiger partial charge in [-0.25, -0.2) is 4.79 Å². The van der Waals surface area contributed by atoms with E-state index in [1.54, 1.807) is 4.90 Å². The van der Waals surface area contributed by atoms with E-state index in [0.29, 0.717) is 32.2 Å². The Hall–Kier alpha value is -1.99. The molecule has 0 saturated carbocycles. The number of nitrogens with one attached hydrogen (secondary N) is 1. The van der Waals surface area contributed by atoms with Crippen molar-refractivity contribution in [2.45, 2.75) is 65.9 Å². The van der Waals surface area contributed by atoms with Crippen LogP contribution in [0.1, 0.15) is 60.3 Å². The molecule has 2 fully saturated rings. The molecule has 0 radical (unpaired) electrons. The van der Waals surface area contributed by atoms with Crippen LogP contribution in [-0.4, -0.2) is 79.3 Å². The summed E-state index contributed by atoms with van der Waals surface area (Å²) in [5, 5.41) is 3.37. The van der Waals surface area contributed by atoms with Crippen molar-refractivity contribution >= 4 is 18.0 Å². The minimum Gasteiger partial charge on any atom is -0.466 e. The first-order chi connectivity index (χ1) is 14.2. The van der Waals surface area contributed by atoms with E-state index in [1.165, 1.54) is 0 Å². The summed E-state index contributed by atoms with van der Waals surface area (Å²) in [7, 11) is 0. The van der Waals surface area contributed by atoms with Gasteiger partial charge in [-0.1, -0.05) is 0 Å². The maximum absolute atomic E-state index is 12.4. The lowest BCUT2D eigenvalue weighted by atomic mass is 9.98. The smallest absolute Gasteiger partial charge is 0.410 e. The van der Waals surface area contributed by atoms with Crippen molar-refractivity contribution in [2.24, 2.45) is 16.8 Å². The maximum atomic E-state index is 12.4. The van der Waals surface area contributed by atoms with Gasteiger partial charge in [0.1, 0.15) is 5.60 Å². The molecular weight excluding hydrogens is 384 g/mol. The Morgan fingerprint density at radius 3 is 2.43 bits per heavy atom. The van der Waals surface area contributed by atoms with E-state index in [2.05, 4.69) is 10.2 Å². The fourth-order valence-electron chi connectivity index (χ4n) is 3.97. The highest BCUT2D eigenvalue weighted by Gasteiger charge is 2.30. The zero-order valence-corrected chi connectivity index (χ0v) is 19.4. The first-order valence-corrected chi connectivity index (χ1v) is 11.4. The molecule has 2 atom stereocenters. The van der Waals surface area contributed by atoms with Crippen molar-refractivity contribution in [3.05, 3.63) is 0 Å². The molecule has 2 heterocycles. The third kappa shape index (κ3) is 7.69. The second-order valence-electron chi connectivity index (χ2n) is 9.17. The summed E-state index contributed by atoms with van der Waals surface area (Å²) >= 11 is 0. The Balaban J connectivity index is 1.96. The highest BCUT2D eigenvalue weighted by Crippen LogP contribution is 2.21. The Bertz CT molecular complexity index is 602. The number of nitrogens with zero attached hydrogens (tertiary/aromatic N) is 3. The number of likely N-dealkylation sites (tertiary alicyclic amines) is 2. The topological polar surface area (TPSA) is 83.5 Å². The average Bonchev–Trinajstić information content (AvgIpc) is 2.70. The maximum Gasteiger partial charge on any atom is 0.410 e. The van der Waals surface area contributed by atoms with Crippen molar-refractivity contribution in [1.29, 1.82) is 0 Å². The van der Waals surface area contributed by atoms with Crippen LogP contribution in [0.5, 0.6) is 0 Å². The van der Waals surface area contributed by atoms with E-state index in [9.17, 15) is 9.59 Å². The molecule has 0 aromatic rings. The van der Waals surface area contributed by atoms with E-state index in [1.807, 2.05) is 34.6 Å². The lowest BCUT2D eigenvalue weighted by Crippen LogP contribution is -2.48. The highest BCUT2D eigenvalue weighted by atomic mass is 16.6. The number of aliphatic imine (C=N–C) groups is 1. The summed E-state index contributed by atoms with van der Waals surface area (Å²) in [6.45, 7) is 14.3. The third-order valence-electron chi connectivity index (χ3n) is 5.35. The normalized spacial score (nSPS) is 23.2. The van der Waals surface area contributed by atoms with Gasteiger partial charge in [0.2, 0.25) is 0 Å². The molecule has 2 aliphatic rings. The molecule has 8 nitrogen and oxygen atoms in total. The van der Waals surface area contributed by atoms with Gasteiger partial charge in [0.05, 0.1) is 12.5 Å². The quantitative estimate of drug-likeness (QED) is 0.415. The molecule has 1 amide bonds. The van der Waals surface area contributed by atoms with Crippen LogP contribution in [0.4, 0.5) is 4.79 Å².